The fourth-order valence-corrected chi connectivity index (χ4v) is 2.90. The van der Waals surface area contributed by atoms with Crippen LogP contribution in [0.4, 0.5) is 0 Å². The van der Waals surface area contributed by atoms with Gasteiger partial charge in [-0.1, -0.05) is 23.8 Å². The van der Waals surface area contributed by atoms with E-state index in [1.165, 1.54) is 11.1 Å². The molecule has 0 spiro atoms. The second-order valence-corrected chi connectivity index (χ2v) is 5.79. The number of nitrogens with zero attached hydrogens (tertiary/aromatic N) is 2. The second kappa shape index (κ2) is 6.52. The predicted octanol–water partition coefficient (Wildman–Crippen LogP) is 2.96. The lowest BCUT2D eigenvalue weighted by molar-refractivity contribution is 0.182. The van der Waals surface area contributed by atoms with Crippen LogP contribution in [0.1, 0.15) is 28.4 Å². The molecule has 0 aliphatic rings. The van der Waals surface area contributed by atoms with Gasteiger partial charge in [0.05, 0.1) is 35.6 Å². The molecule has 1 unspecified atom stereocenters. The summed E-state index contributed by atoms with van der Waals surface area (Å²) < 4.78 is 7.95. The van der Waals surface area contributed by atoms with E-state index in [2.05, 4.69) is 53.1 Å². The van der Waals surface area contributed by atoms with Crippen molar-refractivity contribution in [2.75, 3.05) is 13.7 Å². The highest BCUT2D eigenvalue weighted by Crippen LogP contribution is 2.28. The third-order valence-corrected chi connectivity index (χ3v) is 4.01. The Morgan fingerprint density at radius 3 is 2.80 bits per heavy atom. The molecule has 4 nitrogen and oxygen atoms in total. The lowest BCUT2D eigenvalue weighted by Gasteiger charge is -2.18. The van der Waals surface area contributed by atoms with Crippen molar-refractivity contribution in [3.05, 3.63) is 51.3 Å². The van der Waals surface area contributed by atoms with Gasteiger partial charge in [-0.05, 0) is 40.9 Å². The van der Waals surface area contributed by atoms with Gasteiger partial charge in [-0.15, -0.1) is 0 Å². The highest BCUT2D eigenvalue weighted by atomic mass is 79.9. The molecule has 108 valence electrons. The van der Waals surface area contributed by atoms with Crippen LogP contribution in [0.5, 0.6) is 0 Å². The van der Waals surface area contributed by atoms with Crippen LogP contribution in [-0.4, -0.2) is 23.5 Å². The Bertz CT molecular complexity index is 595. The van der Waals surface area contributed by atoms with E-state index in [1.54, 1.807) is 13.3 Å². The lowest BCUT2D eigenvalue weighted by Crippen LogP contribution is -2.20. The summed E-state index contributed by atoms with van der Waals surface area (Å²) in [5, 5.41) is 4.36. The topological polar surface area (TPSA) is 53.1 Å². The van der Waals surface area contributed by atoms with Crippen LogP contribution in [0.15, 0.2) is 28.9 Å². The highest BCUT2D eigenvalue weighted by Gasteiger charge is 2.19. The van der Waals surface area contributed by atoms with Crippen molar-refractivity contribution in [1.29, 1.82) is 0 Å². The fraction of sp³-hybridized carbons (Fsp3) is 0.400. The van der Waals surface area contributed by atoms with E-state index in [-0.39, 0.29) is 6.04 Å². The largest absolute Gasteiger partial charge is 0.383 e. The molecule has 0 radical (unpaired) electrons. The van der Waals surface area contributed by atoms with Gasteiger partial charge in [0.1, 0.15) is 0 Å². The van der Waals surface area contributed by atoms with Gasteiger partial charge in [0.25, 0.3) is 0 Å². The molecule has 0 saturated carbocycles. The number of nitrogens with two attached hydrogens (primary N) is 1. The van der Waals surface area contributed by atoms with E-state index < -0.39 is 0 Å². The van der Waals surface area contributed by atoms with Gasteiger partial charge in [0, 0.05) is 7.11 Å². The minimum atomic E-state index is -0.204. The molecule has 0 aliphatic heterocycles. The molecule has 0 saturated heterocycles. The molecular weight excluding hydrogens is 318 g/mol. The van der Waals surface area contributed by atoms with Crippen molar-refractivity contribution in [2.24, 2.45) is 5.73 Å². The van der Waals surface area contributed by atoms with Gasteiger partial charge >= 0.3 is 0 Å². The van der Waals surface area contributed by atoms with E-state index in [0.717, 1.165) is 15.7 Å². The zero-order valence-corrected chi connectivity index (χ0v) is 13.6. The highest BCUT2D eigenvalue weighted by molar-refractivity contribution is 9.10. The molecule has 1 aromatic carbocycles. The van der Waals surface area contributed by atoms with Gasteiger partial charge in [-0.25, -0.2) is 0 Å². The molecule has 0 bridgehead atoms. The van der Waals surface area contributed by atoms with Crippen LogP contribution in [0.2, 0.25) is 0 Å². The number of hydrogen-bond acceptors (Lipinski definition) is 3. The first-order chi connectivity index (χ1) is 9.54. The maximum Gasteiger partial charge on any atom is 0.0740 e. The van der Waals surface area contributed by atoms with Crippen LogP contribution in [0, 0.1) is 13.8 Å². The third kappa shape index (κ3) is 3.11. The van der Waals surface area contributed by atoms with Gasteiger partial charge in [-0.3, -0.25) is 4.68 Å². The van der Waals surface area contributed by atoms with E-state index in [0.29, 0.717) is 13.2 Å². The lowest BCUT2D eigenvalue weighted by atomic mass is 9.97. The molecule has 5 heteroatoms. The maximum absolute atomic E-state index is 6.45. The van der Waals surface area contributed by atoms with Crippen LogP contribution >= 0.6 is 15.9 Å². The quantitative estimate of drug-likeness (QED) is 0.912. The van der Waals surface area contributed by atoms with Crippen molar-refractivity contribution < 1.29 is 4.74 Å². The summed E-state index contributed by atoms with van der Waals surface area (Å²) in [6, 6.07) is 6.13. The first kappa shape index (κ1) is 15.2. The molecule has 2 N–H and O–H groups in total. The average molecular weight is 338 g/mol. The molecule has 1 atom stereocenters. The Kier molecular flexibility index (Phi) is 4.96. The van der Waals surface area contributed by atoms with Crippen LogP contribution in [-0.2, 0) is 11.3 Å². The molecular formula is C15H20BrN3O. The summed E-state index contributed by atoms with van der Waals surface area (Å²) >= 11 is 3.54. The van der Waals surface area contributed by atoms with Crippen LogP contribution < -0.4 is 5.73 Å². The van der Waals surface area contributed by atoms with Gasteiger partial charge < -0.3 is 10.5 Å². The van der Waals surface area contributed by atoms with E-state index in [9.17, 15) is 0 Å². The minimum Gasteiger partial charge on any atom is -0.383 e. The van der Waals surface area contributed by atoms with Crippen molar-refractivity contribution in [1.82, 2.24) is 9.78 Å². The number of rotatable bonds is 5. The van der Waals surface area contributed by atoms with Gasteiger partial charge in [-0.2, -0.15) is 5.10 Å². The number of benzene rings is 1. The molecule has 0 fully saturated rings. The predicted molar refractivity (Wildman–Crippen MR) is 83.7 cm³/mol. The van der Waals surface area contributed by atoms with Crippen LogP contribution in [0.3, 0.4) is 0 Å². The standard InChI is InChI=1S/C15H20BrN3O/c1-10-4-5-12(11(2)8-10)14(17)15-13(16)9-18-19(15)6-7-20-3/h4-5,8-9,14H,6-7,17H2,1-3H3. The number of hydrogen-bond donors (Lipinski definition) is 1. The minimum absolute atomic E-state index is 0.204. The molecule has 20 heavy (non-hydrogen) atoms. The Hall–Kier alpha value is -1.17. The summed E-state index contributed by atoms with van der Waals surface area (Å²) in [6.45, 7) is 5.48. The summed E-state index contributed by atoms with van der Waals surface area (Å²) in [6.07, 6.45) is 1.79. The van der Waals surface area contributed by atoms with E-state index in [4.69, 9.17) is 10.5 Å². The molecule has 0 amide bonds. The van der Waals surface area contributed by atoms with Crippen molar-refractivity contribution >= 4 is 15.9 Å². The first-order valence-electron chi connectivity index (χ1n) is 6.57. The van der Waals surface area contributed by atoms with E-state index >= 15 is 0 Å². The normalized spacial score (nSPS) is 12.7. The zero-order chi connectivity index (χ0) is 14.7. The first-order valence-corrected chi connectivity index (χ1v) is 7.36. The van der Waals surface area contributed by atoms with Crippen LogP contribution in [0.25, 0.3) is 0 Å². The van der Waals surface area contributed by atoms with Crippen molar-refractivity contribution in [3.8, 4) is 0 Å². The van der Waals surface area contributed by atoms with Crippen molar-refractivity contribution in [2.45, 2.75) is 26.4 Å². The van der Waals surface area contributed by atoms with E-state index in [1.807, 2.05) is 4.68 Å². The SMILES string of the molecule is COCCn1ncc(Br)c1C(N)c1ccc(C)cc1C. The summed E-state index contributed by atoms with van der Waals surface area (Å²) in [5.74, 6) is 0. The third-order valence-electron chi connectivity index (χ3n) is 3.40. The van der Waals surface area contributed by atoms with Crippen molar-refractivity contribution in [3.63, 3.8) is 0 Å². The Morgan fingerprint density at radius 2 is 2.15 bits per heavy atom. The number of halogens is 1. The Morgan fingerprint density at radius 1 is 1.40 bits per heavy atom. The fourth-order valence-electron chi connectivity index (χ4n) is 2.36. The molecule has 2 rings (SSSR count). The second-order valence-electron chi connectivity index (χ2n) is 4.93. The number of aromatic nitrogens is 2. The average Bonchev–Trinajstić information content (AvgIpc) is 2.77. The molecule has 1 heterocycles. The molecule has 0 aliphatic carbocycles. The Balaban J connectivity index is 2.37. The Labute approximate surface area is 128 Å². The number of methoxy groups -OCH3 is 1. The molecule has 2 aromatic rings. The maximum atomic E-state index is 6.45. The number of ether oxygens (including phenoxy) is 1. The van der Waals surface area contributed by atoms with Gasteiger partial charge in [0.2, 0.25) is 0 Å². The number of aryl methyl sites for hydroxylation is 2. The summed E-state index contributed by atoms with van der Waals surface area (Å²) in [5.41, 5.74) is 11.0. The van der Waals surface area contributed by atoms with Gasteiger partial charge in [0.15, 0.2) is 0 Å². The smallest absolute Gasteiger partial charge is 0.0740 e. The summed E-state index contributed by atoms with van der Waals surface area (Å²) in [7, 11) is 1.68. The molecule has 1 aromatic heterocycles. The summed E-state index contributed by atoms with van der Waals surface area (Å²) in [4.78, 5) is 0. The zero-order valence-electron chi connectivity index (χ0n) is 12.1. The monoisotopic (exact) mass is 337 g/mol.